The molecule has 94 valence electrons. The molecule has 1 N–H and O–H groups in total. The minimum atomic E-state index is -0.212. The van der Waals surface area contributed by atoms with Crippen molar-refractivity contribution in [1.82, 2.24) is 9.97 Å². The highest BCUT2D eigenvalue weighted by atomic mass is 16.5. The Balaban J connectivity index is 2.18. The van der Waals surface area contributed by atoms with Gasteiger partial charge in [0.2, 0.25) is 5.75 Å². The zero-order valence-electron chi connectivity index (χ0n) is 10.4. The molecule has 0 amide bonds. The molecule has 1 aromatic rings. The normalized spacial score (nSPS) is 19.6. The zero-order chi connectivity index (χ0) is 12.3. The number of rotatable bonds is 4. The standard InChI is InChI=1S/C12H19N3O2/c1-3-4-9-5-6-15(7-9)11-10(17-2)12(16)14-8-13-11/h8-9H,3-7H2,1-2H3,(H,13,14,16). The van der Waals surface area contributed by atoms with Gasteiger partial charge in [0.05, 0.1) is 13.4 Å². The average Bonchev–Trinajstić information content (AvgIpc) is 2.78. The van der Waals surface area contributed by atoms with Gasteiger partial charge in [-0.1, -0.05) is 13.3 Å². The second kappa shape index (κ2) is 5.21. The fraction of sp³-hybridized carbons (Fsp3) is 0.667. The Labute approximate surface area is 101 Å². The summed E-state index contributed by atoms with van der Waals surface area (Å²) in [7, 11) is 1.51. The minimum Gasteiger partial charge on any atom is -0.489 e. The topological polar surface area (TPSA) is 58.2 Å². The second-order valence-corrected chi connectivity index (χ2v) is 4.48. The van der Waals surface area contributed by atoms with Gasteiger partial charge in [0.1, 0.15) is 0 Å². The molecule has 17 heavy (non-hydrogen) atoms. The van der Waals surface area contributed by atoms with Gasteiger partial charge >= 0.3 is 0 Å². The van der Waals surface area contributed by atoms with Crippen LogP contribution in [-0.2, 0) is 0 Å². The lowest BCUT2D eigenvalue weighted by atomic mass is 10.0. The Hall–Kier alpha value is -1.52. The van der Waals surface area contributed by atoms with Crippen LogP contribution in [0.1, 0.15) is 26.2 Å². The quantitative estimate of drug-likeness (QED) is 0.860. The Bertz CT molecular complexity index is 430. The highest BCUT2D eigenvalue weighted by molar-refractivity contribution is 5.51. The van der Waals surface area contributed by atoms with E-state index in [1.807, 2.05) is 0 Å². The van der Waals surface area contributed by atoms with Crippen molar-refractivity contribution in [2.45, 2.75) is 26.2 Å². The summed E-state index contributed by atoms with van der Waals surface area (Å²) in [4.78, 5) is 20.5. The molecule has 2 rings (SSSR count). The lowest BCUT2D eigenvalue weighted by Crippen LogP contribution is -2.24. The van der Waals surface area contributed by atoms with E-state index in [4.69, 9.17) is 4.74 Å². The van der Waals surface area contributed by atoms with E-state index in [9.17, 15) is 4.79 Å². The molecular formula is C12H19N3O2. The molecular weight excluding hydrogens is 218 g/mol. The fourth-order valence-electron chi connectivity index (χ4n) is 2.46. The van der Waals surface area contributed by atoms with Crippen molar-refractivity contribution in [3.8, 4) is 5.75 Å². The van der Waals surface area contributed by atoms with Crippen LogP contribution in [0.15, 0.2) is 11.1 Å². The van der Waals surface area contributed by atoms with E-state index in [1.54, 1.807) is 0 Å². The molecule has 1 aliphatic rings. The molecule has 0 aliphatic carbocycles. The number of anilines is 1. The Morgan fingerprint density at radius 2 is 2.47 bits per heavy atom. The molecule has 5 nitrogen and oxygen atoms in total. The minimum absolute atomic E-state index is 0.212. The average molecular weight is 237 g/mol. The first-order valence-corrected chi connectivity index (χ1v) is 6.12. The van der Waals surface area contributed by atoms with Gasteiger partial charge in [-0.05, 0) is 18.8 Å². The molecule has 0 aromatic carbocycles. The van der Waals surface area contributed by atoms with Gasteiger partial charge < -0.3 is 14.6 Å². The summed E-state index contributed by atoms with van der Waals surface area (Å²) < 4.78 is 5.14. The smallest absolute Gasteiger partial charge is 0.295 e. The summed E-state index contributed by atoms with van der Waals surface area (Å²) in [6.45, 7) is 4.13. The number of aromatic nitrogens is 2. The third-order valence-electron chi connectivity index (χ3n) is 3.28. The van der Waals surface area contributed by atoms with Gasteiger partial charge in [-0.25, -0.2) is 4.98 Å². The molecule has 1 fully saturated rings. The van der Waals surface area contributed by atoms with Crippen molar-refractivity contribution in [2.24, 2.45) is 5.92 Å². The summed E-state index contributed by atoms with van der Waals surface area (Å²) in [5.74, 6) is 1.71. The largest absolute Gasteiger partial charge is 0.489 e. The van der Waals surface area contributed by atoms with Crippen LogP contribution in [0.3, 0.4) is 0 Å². The van der Waals surface area contributed by atoms with E-state index in [0.717, 1.165) is 13.1 Å². The maximum absolute atomic E-state index is 11.6. The highest BCUT2D eigenvalue weighted by Crippen LogP contribution is 2.28. The molecule has 0 spiro atoms. The van der Waals surface area contributed by atoms with Crippen LogP contribution in [0.25, 0.3) is 0 Å². The molecule has 2 heterocycles. The van der Waals surface area contributed by atoms with E-state index >= 15 is 0 Å². The summed E-state index contributed by atoms with van der Waals surface area (Å²) in [5.41, 5.74) is -0.212. The molecule has 1 saturated heterocycles. The van der Waals surface area contributed by atoms with Gasteiger partial charge in [0.15, 0.2) is 5.82 Å². The maximum Gasteiger partial charge on any atom is 0.295 e. The van der Waals surface area contributed by atoms with Crippen molar-refractivity contribution in [2.75, 3.05) is 25.1 Å². The monoisotopic (exact) mass is 237 g/mol. The van der Waals surface area contributed by atoms with Crippen molar-refractivity contribution in [3.63, 3.8) is 0 Å². The SMILES string of the molecule is CCCC1CCN(c2nc[nH]c(=O)c2OC)C1. The first-order chi connectivity index (χ1) is 8.26. The van der Waals surface area contributed by atoms with Crippen LogP contribution in [0, 0.1) is 5.92 Å². The summed E-state index contributed by atoms with van der Waals surface area (Å²) in [6.07, 6.45) is 5.05. The number of nitrogens with one attached hydrogen (secondary N) is 1. The van der Waals surface area contributed by atoms with Crippen LogP contribution in [-0.4, -0.2) is 30.2 Å². The first-order valence-electron chi connectivity index (χ1n) is 6.12. The second-order valence-electron chi connectivity index (χ2n) is 4.48. The predicted molar refractivity (Wildman–Crippen MR) is 66.6 cm³/mol. The number of methoxy groups -OCH3 is 1. The Kier molecular flexibility index (Phi) is 3.66. The third-order valence-corrected chi connectivity index (χ3v) is 3.28. The molecule has 1 atom stereocenters. The summed E-state index contributed by atoms with van der Waals surface area (Å²) >= 11 is 0. The summed E-state index contributed by atoms with van der Waals surface area (Å²) in [5, 5.41) is 0. The van der Waals surface area contributed by atoms with E-state index in [-0.39, 0.29) is 5.56 Å². The van der Waals surface area contributed by atoms with Crippen LogP contribution in [0.2, 0.25) is 0 Å². The maximum atomic E-state index is 11.6. The lowest BCUT2D eigenvalue weighted by molar-refractivity contribution is 0.406. The molecule has 1 aromatic heterocycles. The number of nitrogens with zero attached hydrogens (tertiary/aromatic N) is 2. The van der Waals surface area contributed by atoms with Crippen molar-refractivity contribution in [3.05, 3.63) is 16.7 Å². The van der Waals surface area contributed by atoms with Gasteiger partial charge in [-0.15, -0.1) is 0 Å². The van der Waals surface area contributed by atoms with Crippen LogP contribution in [0.4, 0.5) is 5.82 Å². The van der Waals surface area contributed by atoms with Gasteiger partial charge in [-0.3, -0.25) is 4.79 Å². The molecule has 0 saturated carbocycles. The molecule has 0 radical (unpaired) electrons. The Morgan fingerprint density at radius 3 is 3.18 bits per heavy atom. The zero-order valence-corrected chi connectivity index (χ0v) is 10.4. The molecule has 1 unspecified atom stereocenters. The number of ether oxygens (including phenoxy) is 1. The predicted octanol–water partition coefficient (Wildman–Crippen LogP) is 1.40. The molecule has 0 bridgehead atoms. The number of hydrogen-bond acceptors (Lipinski definition) is 4. The van der Waals surface area contributed by atoms with E-state index in [1.165, 1.54) is 32.7 Å². The highest BCUT2D eigenvalue weighted by Gasteiger charge is 2.25. The van der Waals surface area contributed by atoms with Crippen LogP contribution in [0.5, 0.6) is 5.75 Å². The molecule has 1 aliphatic heterocycles. The van der Waals surface area contributed by atoms with Gasteiger partial charge in [-0.2, -0.15) is 0 Å². The van der Waals surface area contributed by atoms with Gasteiger partial charge in [0, 0.05) is 13.1 Å². The number of H-pyrrole nitrogens is 1. The van der Waals surface area contributed by atoms with E-state index in [2.05, 4.69) is 21.8 Å². The number of aromatic amines is 1. The van der Waals surface area contributed by atoms with Gasteiger partial charge in [0.25, 0.3) is 5.56 Å². The Morgan fingerprint density at radius 1 is 1.65 bits per heavy atom. The van der Waals surface area contributed by atoms with Crippen molar-refractivity contribution >= 4 is 5.82 Å². The summed E-state index contributed by atoms with van der Waals surface area (Å²) in [6, 6.07) is 0. The third kappa shape index (κ3) is 2.43. The van der Waals surface area contributed by atoms with Crippen LogP contribution < -0.4 is 15.2 Å². The lowest BCUT2D eigenvalue weighted by Gasteiger charge is -2.18. The van der Waals surface area contributed by atoms with Crippen LogP contribution >= 0.6 is 0 Å². The van der Waals surface area contributed by atoms with Crippen molar-refractivity contribution < 1.29 is 4.74 Å². The first kappa shape index (κ1) is 12.0. The fourth-order valence-corrected chi connectivity index (χ4v) is 2.46. The number of hydrogen-bond donors (Lipinski definition) is 1. The van der Waals surface area contributed by atoms with E-state index in [0.29, 0.717) is 17.5 Å². The van der Waals surface area contributed by atoms with Crippen molar-refractivity contribution in [1.29, 1.82) is 0 Å². The van der Waals surface area contributed by atoms with E-state index < -0.39 is 0 Å². The molecule has 5 heteroatoms.